The molecule has 0 bridgehead atoms. The molecule has 0 aliphatic rings. The number of imidazole rings is 1. The molecule has 1 amide bonds. The van der Waals surface area contributed by atoms with E-state index in [-0.39, 0.29) is 23.1 Å². The van der Waals surface area contributed by atoms with Crippen molar-refractivity contribution in [3.8, 4) is 28.4 Å². The number of carbonyl (C=O) groups is 2. The van der Waals surface area contributed by atoms with Crippen LogP contribution in [0.1, 0.15) is 26.8 Å². The number of nitrogens with zero attached hydrogens (tertiary/aromatic N) is 1. The number of amides is 1. The second-order valence-corrected chi connectivity index (χ2v) is 6.35. The fraction of sp³-hybridized carbons (Fsp3) is 0.211. The van der Waals surface area contributed by atoms with Gasteiger partial charge in [0.15, 0.2) is 17.3 Å². The Morgan fingerprint density at radius 1 is 1.17 bits per heavy atom. The number of hydrogen-bond acceptors (Lipinski definition) is 6. The summed E-state index contributed by atoms with van der Waals surface area (Å²) in [7, 11) is 4.38. The van der Waals surface area contributed by atoms with E-state index in [0.717, 1.165) is 0 Å². The van der Waals surface area contributed by atoms with Gasteiger partial charge in [0.05, 0.1) is 32.9 Å². The van der Waals surface area contributed by atoms with E-state index in [1.54, 1.807) is 12.1 Å². The molecule has 0 aliphatic heterocycles. The molecule has 0 atom stereocenters. The number of halogens is 1. The van der Waals surface area contributed by atoms with E-state index in [2.05, 4.69) is 20.3 Å². The monoisotopic (exact) mass is 434 g/mol. The van der Waals surface area contributed by atoms with Gasteiger partial charge in [-0.1, -0.05) is 11.6 Å². The molecular formula is C19H19ClN4O6. The Balaban J connectivity index is 2.10. The van der Waals surface area contributed by atoms with Crippen molar-refractivity contribution in [3.05, 3.63) is 46.8 Å². The molecule has 0 radical (unpaired) electrons. The van der Waals surface area contributed by atoms with Crippen molar-refractivity contribution in [2.45, 2.75) is 6.54 Å². The van der Waals surface area contributed by atoms with E-state index in [1.807, 2.05) is 0 Å². The highest BCUT2D eigenvalue weighted by atomic mass is 35.5. The van der Waals surface area contributed by atoms with Crippen molar-refractivity contribution in [2.24, 2.45) is 0 Å². The summed E-state index contributed by atoms with van der Waals surface area (Å²) in [5.41, 5.74) is 0.964. The molecule has 2 heterocycles. The molecule has 11 heteroatoms. The van der Waals surface area contributed by atoms with Crippen LogP contribution in [0.15, 0.2) is 24.5 Å². The number of methoxy groups -OCH3 is 3. The molecule has 0 unspecified atom stereocenters. The number of carbonyl (C=O) groups excluding carboxylic acids is 1. The molecule has 2 aromatic heterocycles. The van der Waals surface area contributed by atoms with Crippen LogP contribution < -0.4 is 19.5 Å². The summed E-state index contributed by atoms with van der Waals surface area (Å²) in [4.78, 5) is 33.2. The van der Waals surface area contributed by atoms with Crippen LogP contribution in [0.5, 0.6) is 17.2 Å². The van der Waals surface area contributed by atoms with Gasteiger partial charge in [0.25, 0.3) is 5.91 Å². The van der Waals surface area contributed by atoms with E-state index in [9.17, 15) is 14.7 Å². The number of carboxylic acid groups (broad SMARTS) is 1. The fourth-order valence-corrected chi connectivity index (χ4v) is 3.37. The Kier molecular flexibility index (Phi) is 6.17. The second kappa shape index (κ2) is 8.78. The topological polar surface area (TPSA) is 139 Å². The van der Waals surface area contributed by atoms with Crippen LogP contribution in [0.25, 0.3) is 11.1 Å². The highest BCUT2D eigenvalue weighted by Gasteiger charge is 2.27. The molecule has 0 saturated carbocycles. The number of H-pyrrole nitrogens is 2. The van der Waals surface area contributed by atoms with Crippen molar-refractivity contribution >= 4 is 23.5 Å². The number of aromatic carboxylic acids is 1. The van der Waals surface area contributed by atoms with E-state index >= 15 is 0 Å². The minimum Gasteiger partial charge on any atom is -0.493 e. The van der Waals surface area contributed by atoms with Gasteiger partial charge in [0.2, 0.25) is 5.75 Å². The zero-order chi connectivity index (χ0) is 21.8. The lowest BCUT2D eigenvalue weighted by Gasteiger charge is -2.16. The van der Waals surface area contributed by atoms with Gasteiger partial charge in [-0.2, -0.15) is 0 Å². The Morgan fingerprint density at radius 2 is 1.90 bits per heavy atom. The number of ether oxygens (including phenoxy) is 3. The summed E-state index contributed by atoms with van der Waals surface area (Å²) in [6.45, 7) is -0.0423. The first-order valence-corrected chi connectivity index (χ1v) is 9.01. The Bertz CT molecular complexity index is 1080. The van der Waals surface area contributed by atoms with Gasteiger partial charge in [0.1, 0.15) is 5.69 Å². The second-order valence-electron chi connectivity index (χ2n) is 5.98. The van der Waals surface area contributed by atoms with Crippen molar-refractivity contribution in [1.29, 1.82) is 0 Å². The summed E-state index contributed by atoms with van der Waals surface area (Å²) in [5, 5.41) is 12.1. The molecular weight excluding hydrogens is 416 g/mol. The minimum absolute atomic E-state index is 0.0322. The van der Waals surface area contributed by atoms with Crippen LogP contribution in [0, 0.1) is 0 Å². The quantitative estimate of drug-likeness (QED) is 0.427. The molecule has 0 spiro atoms. The predicted molar refractivity (Wildman–Crippen MR) is 108 cm³/mol. The smallest absolute Gasteiger partial charge is 0.353 e. The van der Waals surface area contributed by atoms with Crippen LogP contribution in [-0.2, 0) is 6.54 Å². The van der Waals surface area contributed by atoms with Crippen LogP contribution in [0.3, 0.4) is 0 Å². The number of aromatic nitrogens is 3. The van der Waals surface area contributed by atoms with E-state index in [4.69, 9.17) is 25.8 Å². The number of rotatable bonds is 8. The third-order valence-corrected chi connectivity index (χ3v) is 4.72. The van der Waals surface area contributed by atoms with Gasteiger partial charge in [0, 0.05) is 29.2 Å². The number of carboxylic acids is 1. The predicted octanol–water partition coefficient (Wildman–Crippen LogP) is 2.71. The maximum Gasteiger partial charge on any atom is 0.353 e. The lowest BCUT2D eigenvalue weighted by Crippen LogP contribution is -2.24. The number of hydrogen-bond donors (Lipinski definition) is 4. The highest BCUT2D eigenvalue weighted by molar-refractivity contribution is 6.36. The number of benzene rings is 1. The lowest BCUT2D eigenvalue weighted by atomic mass is 10.0. The zero-order valence-corrected chi connectivity index (χ0v) is 17.1. The summed E-state index contributed by atoms with van der Waals surface area (Å²) < 4.78 is 16.2. The highest BCUT2D eigenvalue weighted by Crippen LogP contribution is 2.47. The average Bonchev–Trinajstić information content (AvgIpc) is 3.39. The standard InChI is InChI=1S/C19H19ClN4O6/c1-28-11-5-4-9(15(29-2)16(11)30-3)12-10(24-14(13(12)20)19(26)27)8-23-18(25)17-21-6-7-22-17/h4-7,24H,8H2,1-3H3,(H,21,22)(H,23,25)(H,26,27). The third kappa shape index (κ3) is 3.77. The lowest BCUT2D eigenvalue weighted by molar-refractivity contribution is 0.0691. The van der Waals surface area contributed by atoms with Crippen LogP contribution >= 0.6 is 11.6 Å². The Morgan fingerprint density at radius 3 is 2.47 bits per heavy atom. The third-order valence-electron chi connectivity index (χ3n) is 4.34. The van der Waals surface area contributed by atoms with Gasteiger partial charge in [-0.15, -0.1) is 0 Å². The molecule has 0 fully saturated rings. The van der Waals surface area contributed by atoms with Gasteiger partial charge in [-0.3, -0.25) is 4.79 Å². The van der Waals surface area contributed by atoms with Gasteiger partial charge in [-0.05, 0) is 12.1 Å². The number of aromatic amines is 2. The van der Waals surface area contributed by atoms with Crippen molar-refractivity contribution in [2.75, 3.05) is 21.3 Å². The van der Waals surface area contributed by atoms with Crippen LogP contribution in [-0.4, -0.2) is 53.3 Å². The van der Waals surface area contributed by atoms with Crippen molar-refractivity contribution < 1.29 is 28.9 Å². The molecule has 3 rings (SSSR count). The zero-order valence-electron chi connectivity index (χ0n) is 16.3. The molecule has 10 nitrogen and oxygen atoms in total. The maximum atomic E-state index is 12.2. The van der Waals surface area contributed by atoms with Gasteiger partial charge >= 0.3 is 5.97 Å². The molecule has 4 N–H and O–H groups in total. The van der Waals surface area contributed by atoms with Crippen molar-refractivity contribution in [3.63, 3.8) is 0 Å². The SMILES string of the molecule is COc1ccc(-c2c(CNC(=O)c3ncc[nH]3)[nH]c(C(=O)O)c2Cl)c(OC)c1OC. The van der Waals surface area contributed by atoms with Crippen LogP contribution in [0.2, 0.25) is 5.02 Å². The molecule has 30 heavy (non-hydrogen) atoms. The van der Waals surface area contributed by atoms with E-state index < -0.39 is 11.9 Å². The maximum absolute atomic E-state index is 12.2. The summed E-state index contributed by atoms with van der Waals surface area (Å²) in [6.07, 6.45) is 2.96. The number of nitrogens with one attached hydrogen (secondary N) is 3. The molecule has 0 aliphatic carbocycles. The average molecular weight is 435 g/mol. The summed E-state index contributed by atoms with van der Waals surface area (Å²) in [6, 6.07) is 3.31. The van der Waals surface area contributed by atoms with E-state index in [1.165, 1.54) is 33.7 Å². The van der Waals surface area contributed by atoms with Crippen molar-refractivity contribution in [1.82, 2.24) is 20.3 Å². The van der Waals surface area contributed by atoms with Crippen LogP contribution in [0.4, 0.5) is 0 Å². The fourth-order valence-electron chi connectivity index (χ4n) is 3.03. The normalized spacial score (nSPS) is 10.5. The van der Waals surface area contributed by atoms with E-state index in [0.29, 0.717) is 34.1 Å². The summed E-state index contributed by atoms with van der Waals surface area (Å²) in [5.74, 6) is -0.546. The van der Waals surface area contributed by atoms with Gasteiger partial charge < -0.3 is 34.6 Å². The molecule has 3 aromatic rings. The Labute approximate surface area is 176 Å². The molecule has 0 saturated heterocycles. The minimum atomic E-state index is -1.25. The summed E-state index contributed by atoms with van der Waals surface area (Å²) >= 11 is 6.40. The van der Waals surface area contributed by atoms with Gasteiger partial charge in [-0.25, -0.2) is 9.78 Å². The molecule has 158 valence electrons. The largest absolute Gasteiger partial charge is 0.493 e. The first-order valence-electron chi connectivity index (χ1n) is 8.63. The first-order chi connectivity index (χ1) is 14.4. The first kappa shape index (κ1) is 21.1. The molecule has 1 aromatic carbocycles. The Hall–Kier alpha value is -3.66.